The first-order chi connectivity index (χ1) is 16.4. The lowest BCUT2D eigenvalue weighted by atomic mass is 9.89. The van der Waals surface area contributed by atoms with Gasteiger partial charge in [-0.3, -0.25) is 9.98 Å². The third-order valence-electron chi connectivity index (χ3n) is 5.71. The first kappa shape index (κ1) is 21.7. The Labute approximate surface area is 201 Å². The fourth-order valence-corrected chi connectivity index (χ4v) is 4.19. The number of benzene rings is 2. The minimum absolute atomic E-state index is 0.0103. The van der Waals surface area contributed by atoms with E-state index in [1.165, 1.54) is 12.1 Å². The number of allylic oxidation sites excluding steroid dienone is 2. The maximum absolute atomic E-state index is 11.1. The molecule has 2 aliphatic rings. The van der Waals surface area contributed by atoms with Gasteiger partial charge in [-0.05, 0) is 43.3 Å². The van der Waals surface area contributed by atoms with Crippen LogP contribution in [0.4, 0.5) is 11.6 Å². The Bertz CT molecular complexity index is 1420. The van der Waals surface area contributed by atoms with Crippen LogP contribution in [0.5, 0.6) is 0 Å². The summed E-state index contributed by atoms with van der Waals surface area (Å²) in [5.41, 5.74) is 6.87. The second kappa shape index (κ2) is 8.68. The highest BCUT2D eigenvalue weighted by Gasteiger charge is 2.28. The fourth-order valence-electron chi connectivity index (χ4n) is 4.02. The van der Waals surface area contributed by atoms with Gasteiger partial charge in [-0.1, -0.05) is 35.9 Å². The summed E-state index contributed by atoms with van der Waals surface area (Å²) in [4.78, 5) is 29.8. The number of anilines is 2. The Morgan fingerprint density at radius 2 is 1.97 bits per heavy atom. The van der Waals surface area contributed by atoms with Crippen molar-refractivity contribution in [2.45, 2.75) is 13.5 Å². The minimum Gasteiger partial charge on any atom is -0.478 e. The summed E-state index contributed by atoms with van der Waals surface area (Å²) in [7, 11) is 0. The van der Waals surface area contributed by atoms with E-state index in [1.807, 2.05) is 31.2 Å². The molecular weight excluding hydrogens is 450 g/mol. The van der Waals surface area contributed by atoms with Gasteiger partial charge in [0.15, 0.2) is 0 Å². The first-order valence-electron chi connectivity index (χ1n) is 10.6. The topological polar surface area (TPSA) is 99.8 Å². The van der Waals surface area contributed by atoms with Gasteiger partial charge in [-0.25, -0.2) is 14.8 Å². The summed E-state index contributed by atoms with van der Waals surface area (Å²) in [6.45, 7) is 6.48. The molecule has 5 rings (SSSR count). The predicted molar refractivity (Wildman–Crippen MR) is 134 cm³/mol. The average molecular weight is 470 g/mol. The zero-order chi connectivity index (χ0) is 23.8. The number of carbonyl (C=O) groups is 1. The van der Waals surface area contributed by atoms with Crippen LogP contribution in [-0.2, 0) is 6.54 Å². The summed E-state index contributed by atoms with van der Waals surface area (Å²) < 4.78 is 0. The van der Waals surface area contributed by atoms with Crippen molar-refractivity contribution in [2.24, 2.45) is 15.9 Å². The molecule has 7 nitrogen and oxygen atoms in total. The molecule has 1 unspecified atom stereocenters. The van der Waals surface area contributed by atoms with Crippen LogP contribution < -0.4 is 5.32 Å². The Morgan fingerprint density at radius 1 is 1.18 bits per heavy atom. The number of aliphatic imine (C=N–C) groups is 2. The number of nitrogens with zero attached hydrogens (tertiary/aromatic N) is 4. The summed E-state index contributed by atoms with van der Waals surface area (Å²) in [6.07, 6.45) is 5.56. The van der Waals surface area contributed by atoms with Crippen molar-refractivity contribution in [3.8, 4) is 11.3 Å². The van der Waals surface area contributed by atoms with Gasteiger partial charge in [0, 0.05) is 45.7 Å². The number of halogens is 1. The Morgan fingerprint density at radius 3 is 2.71 bits per heavy atom. The van der Waals surface area contributed by atoms with Crippen molar-refractivity contribution in [3.63, 3.8) is 0 Å². The lowest BCUT2D eigenvalue weighted by Gasteiger charge is -2.16. The van der Waals surface area contributed by atoms with E-state index in [4.69, 9.17) is 26.7 Å². The number of aromatic carboxylic acids is 1. The summed E-state index contributed by atoms with van der Waals surface area (Å²) in [6, 6.07) is 12.1. The fraction of sp³-hybridized carbons (Fsp3) is 0.115. The highest BCUT2D eigenvalue weighted by atomic mass is 35.5. The van der Waals surface area contributed by atoms with Crippen LogP contribution in [-0.4, -0.2) is 32.5 Å². The van der Waals surface area contributed by atoms with Crippen LogP contribution in [0.15, 0.2) is 83.1 Å². The zero-order valence-corrected chi connectivity index (χ0v) is 19.0. The maximum atomic E-state index is 11.1. The van der Waals surface area contributed by atoms with E-state index in [0.717, 1.165) is 39.4 Å². The summed E-state index contributed by atoms with van der Waals surface area (Å²) in [5, 5.41) is 12.8. The molecule has 2 aromatic carbocycles. The molecule has 0 saturated heterocycles. The van der Waals surface area contributed by atoms with Gasteiger partial charge in [0.2, 0.25) is 5.95 Å². The van der Waals surface area contributed by atoms with Crippen LogP contribution in [0.25, 0.3) is 11.3 Å². The molecule has 2 N–H and O–H groups in total. The van der Waals surface area contributed by atoms with E-state index in [9.17, 15) is 4.79 Å². The molecule has 0 radical (unpaired) electrons. The highest BCUT2D eigenvalue weighted by molar-refractivity contribution is 6.51. The lowest BCUT2D eigenvalue weighted by Crippen LogP contribution is -2.23. The second-order valence-corrected chi connectivity index (χ2v) is 8.55. The number of hydrogen-bond donors (Lipinski definition) is 2. The first-order valence-corrected chi connectivity index (χ1v) is 11.0. The predicted octanol–water partition coefficient (Wildman–Crippen LogP) is 5.70. The van der Waals surface area contributed by atoms with Crippen LogP contribution in [0.2, 0.25) is 5.02 Å². The molecule has 0 bridgehead atoms. The summed E-state index contributed by atoms with van der Waals surface area (Å²) in [5.74, 6) is -0.593. The molecule has 168 valence electrons. The molecule has 0 aliphatic carbocycles. The molecule has 34 heavy (non-hydrogen) atoms. The molecule has 1 aromatic heterocycles. The van der Waals surface area contributed by atoms with E-state index in [1.54, 1.807) is 24.5 Å². The minimum atomic E-state index is -0.977. The number of nitrogens with one attached hydrogen (secondary N) is 1. The molecule has 0 fully saturated rings. The number of carboxylic acids is 1. The number of fused-ring (bicyclic) bond motifs is 3. The van der Waals surface area contributed by atoms with Crippen LogP contribution in [0.1, 0.15) is 28.4 Å². The number of aromatic nitrogens is 2. The van der Waals surface area contributed by atoms with Crippen molar-refractivity contribution in [1.82, 2.24) is 9.97 Å². The zero-order valence-electron chi connectivity index (χ0n) is 18.3. The van der Waals surface area contributed by atoms with Gasteiger partial charge in [-0.2, -0.15) is 0 Å². The Balaban J connectivity index is 1.55. The van der Waals surface area contributed by atoms with E-state index >= 15 is 0 Å². The molecule has 3 aromatic rings. The van der Waals surface area contributed by atoms with Gasteiger partial charge < -0.3 is 10.4 Å². The van der Waals surface area contributed by atoms with Crippen molar-refractivity contribution >= 4 is 40.6 Å². The van der Waals surface area contributed by atoms with Crippen molar-refractivity contribution in [2.75, 3.05) is 5.32 Å². The molecule has 3 heterocycles. The highest BCUT2D eigenvalue weighted by Crippen LogP contribution is 2.34. The molecular formula is C26H20ClN5O2. The smallest absolute Gasteiger partial charge is 0.335 e. The standard InChI is InChI=1S/C26H20ClN5O2/c1-14(2)19-9-10-28-23(19)24-21-11-17(27)5-8-20(21)22-16(12-29-24)13-30-26(32-22)31-18-6-3-15(4-7-18)25(33)34/h3-11,13,19H,1,12H2,2H3,(H,33,34)(H,30,31,32). The van der Waals surface area contributed by atoms with Crippen LogP contribution in [0.3, 0.4) is 0 Å². The van der Waals surface area contributed by atoms with E-state index in [0.29, 0.717) is 23.2 Å². The molecule has 1 atom stereocenters. The number of rotatable bonds is 5. The average Bonchev–Trinajstić information content (AvgIpc) is 3.25. The van der Waals surface area contributed by atoms with E-state index < -0.39 is 5.97 Å². The third-order valence-corrected chi connectivity index (χ3v) is 5.95. The van der Waals surface area contributed by atoms with Gasteiger partial charge in [0.25, 0.3) is 0 Å². The van der Waals surface area contributed by atoms with Crippen molar-refractivity contribution in [1.29, 1.82) is 0 Å². The molecule has 8 heteroatoms. The lowest BCUT2D eigenvalue weighted by molar-refractivity contribution is 0.0697. The number of hydrogen-bond acceptors (Lipinski definition) is 6. The van der Waals surface area contributed by atoms with Crippen molar-refractivity contribution in [3.05, 3.63) is 94.8 Å². The van der Waals surface area contributed by atoms with Gasteiger partial charge >= 0.3 is 5.97 Å². The Kier molecular flexibility index (Phi) is 5.55. The van der Waals surface area contributed by atoms with Crippen LogP contribution >= 0.6 is 11.6 Å². The number of carboxylic acid groups (broad SMARTS) is 1. The van der Waals surface area contributed by atoms with Gasteiger partial charge in [0.05, 0.1) is 29.2 Å². The molecule has 0 spiro atoms. The quantitative estimate of drug-likeness (QED) is 0.467. The second-order valence-electron chi connectivity index (χ2n) is 8.11. The summed E-state index contributed by atoms with van der Waals surface area (Å²) >= 11 is 6.39. The molecule has 0 amide bonds. The van der Waals surface area contributed by atoms with E-state index in [-0.39, 0.29) is 11.5 Å². The van der Waals surface area contributed by atoms with E-state index in [2.05, 4.69) is 21.9 Å². The van der Waals surface area contributed by atoms with Gasteiger partial charge in [-0.15, -0.1) is 0 Å². The molecule has 0 saturated carbocycles. The van der Waals surface area contributed by atoms with Crippen molar-refractivity contribution < 1.29 is 9.90 Å². The normalized spacial score (nSPS) is 16.1. The Hall–Kier alpha value is -4.10. The van der Waals surface area contributed by atoms with Crippen LogP contribution in [0, 0.1) is 5.92 Å². The SMILES string of the molecule is C=C(C)C1C=CN=C1C1=NCc2cnc(Nc3ccc(C(=O)O)cc3)nc2-c2ccc(Cl)cc21. The largest absolute Gasteiger partial charge is 0.478 e. The molecule has 2 aliphatic heterocycles. The van der Waals surface area contributed by atoms with Gasteiger partial charge in [0.1, 0.15) is 0 Å². The monoisotopic (exact) mass is 469 g/mol. The maximum Gasteiger partial charge on any atom is 0.335 e. The third kappa shape index (κ3) is 4.02.